The number of carbonyl (C=O) groups excluding carboxylic acids is 5. The van der Waals surface area contributed by atoms with Gasteiger partial charge in [0.15, 0.2) is 6.04 Å². The number of unbranched alkanes of at least 4 members (excludes halogenated alkanes) is 1. The van der Waals surface area contributed by atoms with Crippen LogP contribution in [0.2, 0.25) is 0 Å². The largest absolute Gasteiger partial charge is 0.467 e. The summed E-state index contributed by atoms with van der Waals surface area (Å²) >= 11 is 0. The van der Waals surface area contributed by atoms with E-state index in [1.807, 2.05) is 0 Å². The van der Waals surface area contributed by atoms with E-state index in [-0.39, 0.29) is 17.9 Å². The van der Waals surface area contributed by atoms with E-state index in [1.165, 1.54) is 17.9 Å². The maximum atomic E-state index is 13.8. The van der Waals surface area contributed by atoms with Crippen molar-refractivity contribution < 1.29 is 42.2 Å². The number of methoxy groups -OCH3 is 1. The van der Waals surface area contributed by atoms with Crippen molar-refractivity contribution in [3.05, 3.63) is 47.5 Å². The van der Waals surface area contributed by atoms with Crippen molar-refractivity contribution in [2.24, 2.45) is 5.92 Å². The van der Waals surface area contributed by atoms with Gasteiger partial charge >= 0.3 is 11.9 Å². The molecule has 1 heterocycles. The number of halogens is 2. The summed E-state index contributed by atoms with van der Waals surface area (Å²) in [5.74, 6) is -4.62. The average molecular weight is 580 g/mol. The van der Waals surface area contributed by atoms with Gasteiger partial charge in [0.1, 0.15) is 30.3 Å². The number of hydrogen-bond acceptors (Lipinski definition) is 7. The molecular formula is C29H39F2N3O7. The Morgan fingerprint density at radius 3 is 2.37 bits per heavy atom. The molecule has 2 rings (SSSR count). The molecule has 41 heavy (non-hydrogen) atoms. The number of rotatable bonds is 14. The van der Waals surface area contributed by atoms with Crippen LogP contribution in [0.3, 0.4) is 0 Å². The Balaban J connectivity index is 2.14. The maximum Gasteiger partial charge on any atom is 0.331 e. The van der Waals surface area contributed by atoms with Crippen molar-refractivity contribution >= 4 is 29.7 Å². The van der Waals surface area contributed by atoms with E-state index >= 15 is 0 Å². The molecule has 3 unspecified atom stereocenters. The third kappa shape index (κ3) is 11.3. The van der Waals surface area contributed by atoms with E-state index in [0.29, 0.717) is 37.8 Å². The Labute approximate surface area is 238 Å². The molecule has 0 aromatic heterocycles. The van der Waals surface area contributed by atoms with Crippen molar-refractivity contribution in [2.45, 2.75) is 77.4 Å². The monoisotopic (exact) mass is 579 g/mol. The lowest BCUT2D eigenvalue weighted by atomic mass is 10.0. The Kier molecular flexibility index (Phi) is 13.4. The quantitative estimate of drug-likeness (QED) is 0.197. The normalized spacial score (nSPS) is 16.4. The zero-order valence-corrected chi connectivity index (χ0v) is 23.9. The predicted octanol–water partition coefficient (Wildman–Crippen LogP) is 2.59. The Hall–Kier alpha value is -3.83. The highest BCUT2D eigenvalue weighted by Crippen LogP contribution is 2.19. The molecule has 1 aromatic rings. The van der Waals surface area contributed by atoms with Crippen LogP contribution in [-0.2, 0) is 39.9 Å². The number of esters is 2. The molecule has 1 aliphatic heterocycles. The van der Waals surface area contributed by atoms with Gasteiger partial charge in [0.2, 0.25) is 17.7 Å². The molecule has 10 nitrogen and oxygen atoms in total. The first-order valence-electron chi connectivity index (χ1n) is 13.6. The first-order valence-corrected chi connectivity index (χ1v) is 13.6. The molecule has 0 radical (unpaired) electrons. The van der Waals surface area contributed by atoms with Gasteiger partial charge in [-0.05, 0) is 55.4 Å². The van der Waals surface area contributed by atoms with E-state index in [9.17, 15) is 32.8 Å². The van der Waals surface area contributed by atoms with E-state index < -0.39 is 60.1 Å². The van der Waals surface area contributed by atoms with Crippen LogP contribution in [0.15, 0.2) is 30.4 Å². The summed E-state index contributed by atoms with van der Waals surface area (Å²) in [5, 5.41) is 4.90. The number of hydrogen-bond donors (Lipinski definition) is 2. The van der Waals surface area contributed by atoms with Crippen molar-refractivity contribution in [3.63, 3.8) is 0 Å². The highest BCUT2D eigenvalue weighted by molar-refractivity contribution is 5.94. The summed E-state index contributed by atoms with van der Waals surface area (Å²) in [7, 11) is 1.08. The molecule has 1 aromatic carbocycles. The number of ether oxygens (including phenoxy) is 2. The molecule has 0 spiro atoms. The van der Waals surface area contributed by atoms with Gasteiger partial charge in [0.05, 0.1) is 7.11 Å². The van der Waals surface area contributed by atoms with Crippen molar-refractivity contribution in [1.82, 2.24) is 15.5 Å². The second kappa shape index (κ2) is 16.4. The Morgan fingerprint density at radius 2 is 1.76 bits per heavy atom. The van der Waals surface area contributed by atoms with E-state index in [1.54, 1.807) is 6.08 Å². The van der Waals surface area contributed by atoms with Gasteiger partial charge in [-0.15, -0.1) is 0 Å². The summed E-state index contributed by atoms with van der Waals surface area (Å²) in [5.41, 5.74) is 0.0930. The van der Waals surface area contributed by atoms with E-state index in [4.69, 9.17) is 9.47 Å². The number of allylic oxidation sites excluding steroid dienone is 1. The molecule has 226 valence electrons. The first-order chi connectivity index (χ1) is 19.4. The summed E-state index contributed by atoms with van der Waals surface area (Å²) in [4.78, 5) is 64.0. The summed E-state index contributed by atoms with van der Waals surface area (Å²) in [6.07, 6.45) is 6.16. The van der Waals surface area contributed by atoms with E-state index in [0.717, 1.165) is 32.1 Å². The highest BCUT2D eigenvalue weighted by atomic mass is 19.1. The van der Waals surface area contributed by atoms with Gasteiger partial charge in [-0.2, -0.15) is 0 Å². The lowest BCUT2D eigenvalue weighted by Gasteiger charge is -2.24. The maximum absolute atomic E-state index is 13.8. The zero-order valence-electron chi connectivity index (χ0n) is 23.9. The summed E-state index contributed by atoms with van der Waals surface area (Å²) in [6, 6.07) is -0.855. The third-order valence-electron chi connectivity index (χ3n) is 6.54. The molecule has 0 bridgehead atoms. The van der Waals surface area contributed by atoms with Gasteiger partial charge < -0.3 is 25.0 Å². The van der Waals surface area contributed by atoms with Crippen LogP contribution in [0.1, 0.15) is 58.4 Å². The number of carbonyl (C=O) groups is 5. The number of likely N-dealkylation sites (tertiary alicyclic amines) is 1. The number of nitrogens with zero attached hydrogens (tertiary/aromatic N) is 1. The fourth-order valence-electron chi connectivity index (χ4n) is 4.46. The number of nitrogens with one attached hydrogen (secondary N) is 2. The first kappa shape index (κ1) is 33.4. The minimum Gasteiger partial charge on any atom is -0.467 e. The van der Waals surface area contributed by atoms with Gasteiger partial charge in [-0.25, -0.2) is 18.4 Å². The van der Waals surface area contributed by atoms with Crippen LogP contribution < -0.4 is 10.6 Å². The van der Waals surface area contributed by atoms with Crippen molar-refractivity contribution in [3.8, 4) is 0 Å². The SMILES string of the molecule is COC(=O)C(COC(=O)C1CCCN1C(C)=O)NC(=O)C(Cc1cc(F)cc(F)c1)NC(=O)/C=C/CCCC(C)C. The highest BCUT2D eigenvalue weighted by Gasteiger charge is 2.35. The fraction of sp³-hybridized carbons (Fsp3) is 0.552. The molecule has 1 fully saturated rings. The molecule has 1 saturated heterocycles. The topological polar surface area (TPSA) is 131 Å². The van der Waals surface area contributed by atoms with Crippen LogP contribution in [-0.4, -0.2) is 72.9 Å². The molecule has 12 heteroatoms. The van der Waals surface area contributed by atoms with Gasteiger partial charge in [-0.3, -0.25) is 14.4 Å². The zero-order chi connectivity index (χ0) is 30.5. The van der Waals surface area contributed by atoms with Gasteiger partial charge in [0.25, 0.3) is 0 Å². The standard InChI is InChI=1S/C29H39F2N3O7/c1-18(2)9-6-5-7-11-26(36)32-23(15-20-13-21(30)16-22(31)14-20)27(37)33-24(28(38)40-4)17-41-29(39)25-10-8-12-34(25)19(3)35/h7,11,13-14,16,18,23-25H,5-6,8-10,12,15,17H2,1-4H3,(H,32,36)(H,33,37)/b11-7+. The molecule has 0 saturated carbocycles. The lowest BCUT2D eigenvalue weighted by molar-refractivity contribution is -0.157. The lowest BCUT2D eigenvalue weighted by Crippen LogP contribution is -2.54. The molecule has 3 atom stereocenters. The Bertz CT molecular complexity index is 1110. The molecule has 0 aliphatic carbocycles. The van der Waals surface area contributed by atoms with Crippen molar-refractivity contribution in [2.75, 3.05) is 20.3 Å². The molecule has 3 amide bonds. The number of amides is 3. The minimum atomic E-state index is -1.45. The fourth-order valence-corrected chi connectivity index (χ4v) is 4.46. The van der Waals surface area contributed by atoms with Gasteiger partial charge in [0, 0.05) is 26.0 Å². The minimum absolute atomic E-state index is 0.0930. The average Bonchev–Trinajstić information content (AvgIpc) is 3.39. The summed E-state index contributed by atoms with van der Waals surface area (Å²) < 4.78 is 37.6. The van der Waals surface area contributed by atoms with Crippen LogP contribution in [0.4, 0.5) is 8.78 Å². The van der Waals surface area contributed by atoms with Crippen LogP contribution in [0.25, 0.3) is 0 Å². The second-order valence-corrected chi connectivity index (χ2v) is 10.4. The number of benzene rings is 1. The Morgan fingerprint density at radius 1 is 1.07 bits per heavy atom. The van der Waals surface area contributed by atoms with Crippen LogP contribution in [0.5, 0.6) is 0 Å². The summed E-state index contributed by atoms with van der Waals surface area (Å²) in [6.45, 7) is 5.33. The third-order valence-corrected chi connectivity index (χ3v) is 6.54. The predicted molar refractivity (Wildman–Crippen MR) is 145 cm³/mol. The smallest absolute Gasteiger partial charge is 0.331 e. The van der Waals surface area contributed by atoms with Crippen LogP contribution >= 0.6 is 0 Å². The molecular weight excluding hydrogens is 540 g/mol. The van der Waals surface area contributed by atoms with Crippen molar-refractivity contribution in [1.29, 1.82) is 0 Å². The van der Waals surface area contributed by atoms with Gasteiger partial charge in [-0.1, -0.05) is 26.3 Å². The van der Waals surface area contributed by atoms with Crippen LogP contribution in [0, 0.1) is 17.6 Å². The molecule has 2 N–H and O–H groups in total. The molecule has 1 aliphatic rings. The second-order valence-electron chi connectivity index (χ2n) is 10.4. The van der Waals surface area contributed by atoms with E-state index in [2.05, 4.69) is 24.5 Å².